The predicted octanol–water partition coefficient (Wildman–Crippen LogP) is 3.74. The van der Waals surface area contributed by atoms with E-state index in [1.54, 1.807) is 11.9 Å². The molecule has 1 saturated heterocycles. The average molecular weight is 331 g/mol. The highest BCUT2D eigenvalue weighted by Gasteiger charge is 2.22. The van der Waals surface area contributed by atoms with Gasteiger partial charge in [-0.15, -0.1) is 0 Å². The molecule has 1 aliphatic heterocycles. The van der Waals surface area contributed by atoms with Gasteiger partial charge in [0.05, 0.1) is 0 Å². The zero-order valence-electron chi connectivity index (χ0n) is 15.3. The summed E-state index contributed by atoms with van der Waals surface area (Å²) in [4.78, 5) is 28.3. The molecule has 1 aromatic rings. The lowest BCUT2D eigenvalue weighted by molar-refractivity contribution is 0.0697. The highest BCUT2D eigenvalue weighted by atomic mass is 16.2. The normalized spacial score (nSPS) is 15.2. The number of hydrogen-bond acceptors (Lipinski definition) is 2. The van der Waals surface area contributed by atoms with E-state index >= 15 is 0 Å². The SMILES string of the molecule is CCCN(C)C(=O)Nc1ccc(C(=O)N2CCC(C)CC2)cc1C. The van der Waals surface area contributed by atoms with E-state index in [1.165, 1.54) is 0 Å². The molecular weight excluding hydrogens is 302 g/mol. The predicted molar refractivity (Wildman–Crippen MR) is 97.4 cm³/mol. The molecule has 1 fully saturated rings. The van der Waals surface area contributed by atoms with Crippen LogP contribution in [0.25, 0.3) is 0 Å². The van der Waals surface area contributed by atoms with Crippen LogP contribution in [0.15, 0.2) is 18.2 Å². The summed E-state index contributed by atoms with van der Waals surface area (Å²) in [6.07, 6.45) is 3.07. The molecule has 0 bridgehead atoms. The molecule has 1 aromatic carbocycles. The van der Waals surface area contributed by atoms with Gasteiger partial charge in [0.15, 0.2) is 0 Å². The van der Waals surface area contributed by atoms with Gasteiger partial charge in [0.25, 0.3) is 5.91 Å². The van der Waals surface area contributed by atoms with Gasteiger partial charge in [-0.05, 0) is 55.9 Å². The molecule has 1 aliphatic rings. The molecule has 0 saturated carbocycles. The third-order valence-corrected chi connectivity index (χ3v) is 4.69. The minimum Gasteiger partial charge on any atom is -0.339 e. The summed E-state index contributed by atoms with van der Waals surface area (Å²) in [5, 5.41) is 2.91. The summed E-state index contributed by atoms with van der Waals surface area (Å²) in [5.41, 5.74) is 2.36. The smallest absolute Gasteiger partial charge is 0.321 e. The number of aryl methyl sites for hydroxylation is 1. The van der Waals surface area contributed by atoms with Crippen LogP contribution in [0.4, 0.5) is 10.5 Å². The van der Waals surface area contributed by atoms with E-state index in [0.717, 1.165) is 50.1 Å². The first-order valence-electron chi connectivity index (χ1n) is 8.84. The third kappa shape index (κ3) is 4.49. The number of likely N-dealkylation sites (tertiary alicyclic amines) is 1. The summed E-state index contributed by atoms with van der Waals surface area (Å²) >= 11 is 0. The Balaban J connectivity index is 2.03. The number of benzene rings is 1. The Kier molecular flexibility index (Phi) is 6.23. The molecule has 3 amide bonds. The van der Waals surface area contributed by atoms with Crippen LogP contribution < -0.4 is 5.32 Å². The molecule has 0 spiro atoms. The van der Waals surface area contributed by atoms with Crippen LogP contribution in [0.5, 0.6) is 0 Å². The van der Waals surface area contributed by atoms with Crippen molar-refractivity contribution in [2.24, 2.45) is 5.92 Å². The Morgan fingerprint density at radius 1 is 1.29 bits per heavy atom. The first-order chi connectivity index (χ1) is 11.4. The van der Waals surface area contributed by atoms with Crippen molar-refractivity contribution in [2.75, 3.05) is 32.0 Å². The maximum absolute atomic E-state index is 12.6. The van der Waals surface area contributed by atoms with Gasteiger partial charge in [-0.1, -0.05) is 13.8 Å². The van der Waals surface area contributed by atoms with Crippen LogP contribution in [0, 0.1) is 12.8 Å². The molecular formula is C19H29N3O2. The minimum atomic E-state index is -0.121. The average Bonchev–Trinajstić information content (AvgIpc) is 2.57. The fraction of sp³-hybridized carbons (Fsp3) is 0.579. The number of nitrogens with one attached hydrogen (secondary N) is 1. The Bertz CT molecular complexity index is 592. The van der Waals surface area contributed by atoms with Gasteiger partial charge in [0.1, 0.15) is 0 Å². The van der Waals surface area contributed by atoms with E-state index in [-0.39, 0.29) is 11.9 Å². The van der Waals surface area contributed by atoms with Gasteiger partial charge < -0.3 is 15.1 Å². The monoisotopic (exact) mass is 331 g/mol. The maximum Gasteiger partial charge on any atom is 0.321 e. The Morgan fingerprint density at radius 3 is 2.54 bits per heavy atom. The van der Waals surface area contributed by atoms with Crippen LogP contribution in [0.1, 0.15) is 49.0 Å². The van der Waals surface area contributed by atoms with Gasteiger partial charge in [-0.25, -0.2) is 4.79 Å². The fourth-order valence-corrected chi connectivity index (χ4v) is 2.98. The second-order valence-electron chi connectivity index (χ2n) is 6.86. The van der Waals surface area contributed by atoms with Gasteiger partial charge >= 0.3 is 6.03 Å². The quantitative estimate of drug-likeness (QED) is 0.914. The number of carbonyl (C=O) groups is 2. The Hall–Kier alpha value is -2.04. The van der Waals surface area contributed by atoms with Crippen molar-refractivity contribution in [3.63, 3.8) is 0 Å². The fourth-order valence-electron chi connectivity index (χ4n) is 2.98. The first kappa shape index (κ1) is 18.3. The number of hydrogen-bond donors (Lipinski definition) is 1. The summed E-state index contributed by atoms with van der Waals surface area (Å²) < 4.78 is 0. The van der Waals surface area contributed by atoms with Crippen molar-refractivity contribution < 1.29 is 9.59 Å². The lowest BCUT2D eigenvalue weighted by Crippen LogP contribution is -2.38. The molecule has 2 rings (SSSR count). The lowest BCUT2D eigenvalue weighted by atomic mass is 9.98. The molecule has 5 heteroatoms. The molecule has 0 aromatic heterocycles. The van der Waals surface area contributed by atoms with Crippen molar-refractivity contribution in [2.45, 2.75) is 40.0 Å². The largest absolute Gasteiger partial charge is 0.339 e. The second kappa shape index (κ2) is 8.18. The Morgan fingerprint density at radius 2 is 1.96 bits per heavy atom. The van der Waals surface area contributed by atoms with Crippen molar-refractivity contribution in [1.29, 1.82) is 0 Å². The number of urea groups is 1. The van der Waals surface area contributed by atoms with E-state index in [0.29, 0.717) is 11.5 Å². The number of nitrogens with zero attached hydrogens (tertiary/aromatic N) is 2. The van der Waals surface area contributed by atoms with Crippen LogP contribution in [-0.4, -0.2) is 48.4 Å². The molecule has 132 valence electrons. The van der Waals surface area contributed by atoms with Gasteiger partial charge in [-0.3, -0.25) is 4.79 Å². The number of rotatable bonds is 4. The van der Waals surface area contributed by atoms with Crippen LogP contribution in [0.3, 0.4) is 0 Å². The summed E-state index contributed by atoms with van der Waals surface area (Å²) in [5.74, 6) is 0.791. The molecule has 1 heterocycles. The maximum atomic E-state index is 12.6. The molecule has 0 unspecified atom stereocenters. The highest BCUT2D eigenvalue weighted by molar-refractivity contribution is 5.96. The van der Waals surface area contributed by atoms with Gasteiger partial charge in [0.2, 0.25) is 0 Å². The van der Waals surface area contributed by atoms with E-state index in [4.69, 9.17) is 0 Å². The molecule has 0 aliphatic carbocycles. The molecule has 0 atom stereocenters. The topological polar surface area (TPSA) is 52.7 Å². The van der Waals surface area contributed by atoms with Crippen molar-refractivity contribution >= 4 is 17.6 Å². The van der Waals surface area contributed by atoms with Gasteiger partial charge in [0, 0.05) is 37.9 Å². The van der Waals surface area contributed by atoms with E-state index in [9.17, 15) is 9.59 Å². The third-order valence-electron chi connectivity index (χ3n) is 4.69. The first-order valence-corrected chi connectivity index (χ1v) is 8.84. The molecule has 1 N–H and O–H groups in total. The summed E-state index contributed by atoms with van der Waals surface area (Å²) in [6.45, 7) is 8.58. The summed E-state index contributed by atoms with van der Waals surface area (Å²) in [6, 6.07) is 5.38. The van der Waals surface area contributed by atoms with Gasteiger partial charge in [-0.2, -0.15) is 0 Å². The van der Waals surface area contributed by atoms with E-state index < -0.39 is 0 Å². The van der Waals surface area contributed by atoms with Crippen molar-refractivity contribution in [3.05, 3.63) is 29.3 Å². The Labute approximate surface area is 145 Å². The van der Waals surface area contributed by atoms with Crippen molar-refractivity contribution in [1.82, 2.24) is 9.80 Å². The van der Waals surface area contributed by atoms with E-state index in [2.05, 4.69) is 12.2 Å². The standard InChI is InChI=1S/C19H29N3O2/c1-5-10-21(4)19(24)20-17-7-6-16(13-15(17)3)18(23)22-11-8-14(2)9-12-22/h6-7,13-14H,5,8-12H2,1-4H3,(H,20,24). The minimum absolute atomic E-state index is 0.0889. The zero-order valence-corrected chi connectivity index (χ0v) is 15.3. The highest BCUT2D eigenvalue weighted by Crippen LogP contribution is 2.21. The number of anilines is 1. The van der Waals surface area contributed by atoms with Crippen LogP contribution in [0.2, 0.25) is 0 Å². The second-order valence-corrected chi connectivity index (χ2v) is 6.86. The molecule has 0 radical (unpaired) electrons. The van der Waals surface area contributed by atoms with E-state index in [1.807, 2.05) is 36.9 Å². The number of carbonyl (C=O) groups excluding carboxylic acids is 2. The van der Waals surface area contributed by atoms with Crippen molar-refractivity contribution in [3.8, 4) is 0 Å². The molecule has 24 heavy (non-hydrogen) atoms. The molecule has 5 nitrogen and oxygen atoms in total. The summed E-state index contributed by atoms with van der Waals surface area (Å²) in [7, 11) is 1.78. The zero-order chi connectivity index (χ0) is 17.7. The van der Waals surface area contributed by atoms with Crippen LogP contribution in [-0.2, 0) is 0 Å². The van der Waals surface area contributed by atoms with Crippen LogP contribution >= 0.6 is 0 Å². The number of piperidine rings is 1. The number of amides is 3. The lowest BCUT2D eigenvalue weighted by Gasteiger charge is -2.30.